The molecule has 5 atom stereocenters. The number of ketones is 1. The smallest absolute Gasteiger partial charge is 0.383 e. The molecule has 5 nitrogen and oxygen atoms in total. The number of rotatable bonds is 7. The summed E-state index contributed by atoms with van der Waals surface area (Å²) in [6, 6.07) is 8.11. The van der Waals surface area contributed by atoms with E-state index in [1.807, 2.05) is 12.1 Å². The van der Waals surface area contributed by atoms with Crippen LogP contribution in [0.2, 0.25) is 0 Å². The van der Waals surface area contributed by atoms with E-state index in [4.69, 9.17) is 0 Å². The molecule has 10 heteroatoms. The lowest BCUT2D eigenvalue weighted by Gasteiger charge is -2.56. The number of nitrogens with zero attached hydrogens (tertiary/aromatic N) is 3. The van der Waals surface area contributed by atoms with Gasteiger partial charge in [-0.2, -0.15) is 22.0 Å². The van der Waals surface area contributed by atoms with Crippen LogP contribution in [0.4, 0.5) is 22.0 Å². The van der Waals surface area contributed by atoms with Crippen molar-refractivity contribution in [1.29, 1.82) is 0 Å². The van der Waals surface area contributed by atoms with Crippen molar-refractivity contribution in [2.24, 2.45) is 17.3 Å². The summed E-state index contributed by atoms with van der Waals surface area (Å²) >= 11 is 0. The van der Waals surface area contributed by atoms with Crippen LogP contribution in [-0.2, 0) is 11.3 Å². The van der Waals surface area contributed by atoms with Crippen molar-refractivity contribution < 1.29 is 31.9 Å². The van der Waals surface area contributed by atoms with Gasteiger partial charge in [-0.05, 0) is 92.8 Å². The number of carbonyl (C=O) groups excluding carboxylic acids is 1. The number of carbonyl (C=O) groups is 1. The van der Waals surface area contributed by atoms with Crippen LogP contribution in [0.25, 0.3) is 0 Å². The van der Waals surface area contributed by atoms with Crippen molar-refractivity contribution in [2.75, 3.05) is 53.4 Å². The number of hydrogen-bond acceptors (Lipinski definition) is 5. The molecule has 2 saturated carbocycles. The zero-order valence-electron chi connectivity index (χ0n) is 26.6. The third kappa shape index (κ3) is 5.61. The van der Waals surface area contributed by atoms with E-state index in [2.05, 4.69) is 40.9 Å². The van der Waals surface area contributed by atoms with Crippen LogP contribution in [0.15, 0.2) is 47.1 Å². The second kappa shape index (κ2) is 11.8. The summed E-state index contributed by atoms with van der Waals surface area (Å²) in [4.78, 5) is 19.4. The van der Waals surface area contributed by atoms with Gasteiger partial charge in [-0.3, -0.25) is 14.6 Å². The molecule has 0 unspecified atom stereocenters. The molecule has 5 aliphatic rings. The van der Waals surface area contributed by atoms with Crippen LogP contribution < -0.4 is 0 Å². The molecule has 1 saturated heterocycles. The molecule has 1 aliphatic heterocycles. The van der Waals surface area contributed by atoms with Crippen molar-refractivity contribution in [1.82, 2.24) is 14.7 Å². The predicted molar refractivity (Wildman–Crippen MR) is 163 cm³/mol. The lowest BCUT2D eigenvalue weighted by atomic mass is 9.50. The Morgan fingerprint density at radius 1 is 0.956 bits per heavy atom. The second-order valence-electron chi connectivity index (χ2n) is 14.6. The summed E-state index contributed by atoms with van der Waals surface area (Å²) in [7, 11) is 4.16. The summed E-state index contributed by atoms with van der Waals surface area (Å²) in [5, 5.41) is 11.5. The Bertz CT molecular complexity index is 1350. The number of likely N-dealkylation sites (N-methyl/N-ethyl adjacent to an activating group) is 1. The van der Waals surface area contributed by atoms with Crippen molar-refractivity contribution in [3.63, 3.8) is 0 Å². The number of allylic oxidation sites excluding steroid dienone is 4. The van der Waals surface area contributed by atoms with Crippen LogP contribution in [-0.4, -0.2) is 96.7 Å². The first-order valence-electron chi connectivity index (χ1n) is 16.5. The third-order valence-corrected chi connectivity index (χ3v) is 11.9. The number of aliphatic hydroxyl groups is 1. The number of alkyl halides is 5. The quantitative estimate of drug-likeness (QED) is 0.362. The average molecular weight is 636 g/mol. The Kier molecular flexibility index (Phi) is 8.62. The Morgan fingerprint density at radius 2 is 1.62 bits per heavy atom. The number of hydrogen-bond donors (Lipinski definition) is 1. The molecule has 1 heterocycles. The second-order valence-corrected chi connectivity index (χ2v) is 14.6. The van der Waals surface area contributed by atoms with Gasteiger partial charge in [0.2, 0.25) is 0 Å². The molecular formula is C35H46F5N3O2. The number of fused-ring (bicyclic) bond motifs is 4. The van der Waals surface area contributed by atoms with Crippen LogP contribution in [0.1, 0.15) is 68.9 Å². The monoisotopic (exact) mass is 635 g/mol. The zero-order valence-corrected chi connectivity index (χ0v) is 26.6. The first-order valence-corrected chi connectivity index (χ1v) is 16.5. The van der Waals surface area contributed by atoms with E-state index in [-0.39, 0.29) is 24.5 Å². The van der Waals surface area contributed by atoms with Crippen molar-refractivity contribution in [3.05, 3.63) is 58.2 Å². The van der Waals surface area contributed by atoms with Gasteiger partial charge in [0.1, 0.15) is 5.60 Å². The Hall–Kier alpha value is -2.14. The molecule has 248 valence electrons. The van der Waals surface area contributed by atoms with Gasteiger partial charge in [-0.25, -0.2) is 0 Å². The van der Waals surface area contributed by atoms with Crippen molar-refractivity contribution in [3.8, 4) is 0 Å². The number of piperazine rings is 1. The van der Waals surface area contributed by atoms with E-state index in [9.17, 15) is 23.1 Å². The average Bonchev–Trinajstić information content (AvgIpc) is 3.27. The minimum atomic E-state index is -5.85. The molecule has 3 fully saturated rings. The Labute approximate surface area is 263 Å². The lowest BCUT2D eigenvalue weighted by molar-refractivity contribution is -0.362. The van der Waals surface area contributed by atoms with Gasteiger partial charge in [0.15, 0.2) is 5.78 Å². The number of benzene rings is 1. The fourth-order valence-electron chi connectivity index (χ4n) is 9.34. The lowest BCUT2D eigenvalue weighted by Crippen LogP contribution is -2.65. The van der Waals surface area contributed by atoms with Crippen molar-refractivity contribution in [2.45, 2.75) is 82.0 Å². The summed E-state index contributed by atoms with van der Waals surface area (Å²) in [5.41, 5.74) is 0.356. The molecule has 1 N–H and O–H groups in total. The SMILES string of the molecule is CN(C)CCN1CCN(Cc2ccc([C@H]3C[C@@]4(C)[C@@H](CC[C@]4(O)C(F)(F)C(F)(F)F)[C@@H]4CCC5=CC(=O)CCC5=C43)cc2)CC1. The maximum Gasteiger partial charge on any atom is 0.456 e. The van der Waals surface area contributed by atoms with Gasteiger partial charge >= 0.3 is 12.1 Å². The number of halogens is 5. The van der Waals surface area contributed by atoms with Gasteiger partial charge in [0, 0.05) is 63.6 Å². The molecule has 0 radical (unpaired) electrons. The predicted octanol–water partition coefficient (Wildman–Crippen LogP) is 6.19. The normalized spacial score (nSPS) is 33.2. The maximum atomic E-state index is 15.2. The highest BCUT2D eigenvalue weighted by atomic mass is 19.4. The topological polar surface area (TPSA) is 47.0 Å². The fraction of sp³-hybridized carbons (Fsp3) is 0.686. The van der Waals surface area contributed by atoms with Gasteiger partial charge < -0.3 is 10.0 Å². The van der Waals surface area contributed by atoms with Gasteiger partial charge in [-0.1, -0.05) is 36.8 Å². The molecule has 0 aromatic heterocycles. The molecule has 45 heavy (non-hydrogen) atoms. The first kappa shape index (κ1) is 32.8. The highest BCUT2D eigenvalue weighted by Crippen LogP contribution is 2.70. The molecule has 0 bridgehead atoms. The highest BCUT2D eigenvalue weighted by molar-refractivity contribution is 5.93. The molecule has 1 aromatic rings. The van der Waals surface area contributed by atoms with E-state index in [1.165, 1.54) is 6.92 Å². The fourth-order valence-corrected chi connectivity index (χ4v) is 9.34. The van der Waals surface area contributed by atoms with Crippen LogP contribution in [0, 0.1) is 17.3 Å². The van der Waals surface area contributed by atoms with E-state index in [0.29, 0.717) is 25.7 Å². The summed E-state index contributed by atoms with van der Waals surface area (Å²) in [6.07, 6.45) is -2.48. The van der Waals surface area contributed by atoms with E-state index < -0.39 is 41.4 Å². The molecule has 1 aromatic carbocycles. The van der Waals surface area contributed by atoms with Gasteiger partial charge in [-0.15, -0.1) is 0 Å². The van der Waals surface area contributed by atoms with E-state index in [1.54, 1.807) is 6.08 Å². The third-order valence-electron chi connectivity index (χ3n) is 11.9. The van der Waals surface area contributed by atoms with E-state index in [0.717, 1.165) is 73.7 Å². The van der Waals surface area contributed by atoms with Crippen molar-refractivity contribution >= 4 is 5.78 Å². The highest BCUT2D eigenvalue weighted by Gasteiger charge is 2.79. The molecule has 4 aliphatic carbocycles. The largest absolute Gasteiger partial charge is 0.456 e. The van der Waals surface area contributed by atoms with E-state index >= 15 is 8.78 Å². The van der Waals surface area contributed by atoms with Gasteiger partial charge in [0.05, 0.1) is 0 Å². The molecule has 6 rings (SSSR count). The summed E-state index contributed by atoms with van der Waals surface area (Å²) in [5.74, 6) is -6.27. The Morgan fingerprint density at radius 3 is 2.27 bits per heavy atom. The zero-order chi connectivity index (χ0) is 32.4. The molecule has 0 amide bonds. The Balaban J connectivity index is 1.30. The standard InChI is InChI=1S/C35H46F5N3O2/c1-32-21-29(24-6-4-23(5-7-24)22-43-18-16-42(17-19-43)15-14-41(2)3)31-27-11-9-26(44)20-25(27)8-10-28(31)30(32)12-13-33(32,45)34(36,37)35(38,39)40/h4-7,20,28-30,45H,8-19,21-22H2,1-3H3/t28-,29+,30-,32-,33+/m0/s1. The molecular weight excluding hydrogens is 589 g/mol. The summed E-state index contributed by atoms with van der Waals surface area (Å²) in [6.45, 7) is 8.29. The summed E-state index contributed by atoms with van der Waals surface area (Å²) < 4.78 is 72.0. The van der Waals surface area contributed by atoms with Crippen LogP contribution >= 0.6 is 0 Å². The van der Waals surface area contributed by atoms with Crippen LogP contribution in [0.3, 0.4) is 0 Å². The minimum absolute atomic E-state index is 0.00461. The van der Waals surface area contributed by atoms with Crippen LogP contribution in [0.5, 0.6) is 0 Å². The first-order chi connectivity index (χ1) is 21.1. The minimum Gasteiger partial charge on any atom is -0.383 e. The van der Waals surface area contributed by atoms with Gasteiger partial charge in [0.25, 0.3) is 0 Å². The molecule has 0 spiro atoms. The maximum absolute atomic E-state index is 15.2.